The second-order valence-electron chi connectivity index (χ2n) is 6.52. The maximum atomic E-state index is 12.8. The summed E-state index contributed by atoms with van der Waals surface area (Å²) in [6.07, 6.45) is 0. The van der Waals surface area contributed by atoms with Crippen LogP contribution in [0.15, 0.2) is 42.5 Å². The van der Waals surface area contributed by atoms with Crippen LogP contribution in [0.2, 0.25) is 5.02 Å². The number of aromatic nitrogens is 2. The van der Waals surface area contributed by atoms with E-state index in [2.05, 4.69) is 9.97 Å². The van der Waals surface area contributed by atoms with E-state index in [9.17, 15) is 4.79 Å². The molecule has 2 aromatic carbocycles. The number of hydrogen-bond acceptors (Lipinski definition) is 5. The molecule has 2 heterocycles. The van der Waals surface area contributed by atoms with Crippen molar-refractivity contribution in [3.8, 4) is 5.75 Å². The second kappa shape index (κ2) is 7.04. The average molecular weight is 383 g/mol. The van der Waals surface area contributed by atoms with Crippen molar-refractivity contribution in [2.45, 2.75) is 6.92 Å². The number of rotatable bonds is 3. The van der Waals surface area contributed by atoms with Gasteiger partial charge in [0.1, 0.15) is 5.75 Å². The third-order valence-corrected chi connectivity index (χ3v) is 4.83. The molecule has 0 radical (unpaired) electrons. The first-order valence-corrected chi connectivity index (χ1v) is 9.08. The molecule has 4 rings (SSSR count). The highest BCUT2D eigenvalue weighted by Gasteiger charge is 2.28. The Morgan fingerprint density at radius 1 is 1.11 bits per heavy atom. The molecule has 1 aliphatic heterocycles. The van der Waals surface area contributed by atoms with Crippen LogP contribution in [0, 0.1) is 6.92 Å². The highest BCUT2D eigenvalue weighted by molar-refractivity contribution is 6.30. The van der Waals surface area contributed by atoms with Crippen LogP contribution in [0.5, 0.6) is 5.75 Å². The summed E-state index contributed by atoms with van der Waals surface area (Å²) < 4.78 is 5.72. The summed E-state index contributed by atoms with van der Waals surface area (Å²) in [6, 6.07) is 13.0. The number of aryl methyl sites for hydroxylation is 1. The Hall–Kier alpha value is -2.86. The molecular formula is C20H19ClN4O2. The first-order chi connectivity index (χ1) is 13.0. The quantitative estimate of drug-likeness (QED) is 0.694. The van der Waals surface area contributed by atoms with Gasteiger partial charge in [0, 0.05) is 25.2 Å². The van der Waals surface area contributed by atoms with Gasteiger partial charge in [0.25, 0.3) is 5.91 Å². The number of anilines is 2. The van der Waals surface area contributed by atoms with Crippen LogP contribution in [-0.2, 0) is 4.79 Å². The fourth-order valence-corrected chi connectivity index (χ4v) is 3.34. The Bertz CT molecular complexity index is 1020. The SMILES string of the molecule is Cc1cc(Cl)ccc1OCC(=O)N1CCN(C)c2nc3ccccc3nc21. The number of ether oxygens (including phenoxy) is 1. The molecule has 0 spiro atoms. The molecule has 0 saturated carbocycles. The zero-order chi connectivity index (χ0) is 19.0. The van der Waals surface area contributed by atoms with Crippen LogP contribution in [0.4, 0.5) is 11.6 Å². The minimum atomic E-state index is -0.150. The number of benzene rings is 2. The van der Waals surface area contributed by atoms with Crippen LogP contribution in [0.3, 0.4) is 0 Å². The van der Waals surface area contributed by atoms with Crippen molar-refractivity contribution < 1.29 is 9.53 Å². The van der Waals surface area contributed by atoms with Crippen molar-refractivity contribution in [3.05, 3.63) is 53.1 Å². The van der Waals surface area contributed by atoms with Crippen molar-refractivity contribution >= 4 is 40.2 Å². The number of halogens is 1. The first kappa shape index (κ1) is 17.5. The molecule has 0 fully saturated rings. The largest absolute Gasteiger partial charge is 0.483 e. The number of nitrogens with zero attached hydrogens (tertiary/aromatic N) is 4. The van der Waals surface area contributed by atoms with Crippen LogP contribution in [0.1, 0.15) is 5.56 Å². The molecule has 0 aliphatic carbocycles. The Balaban J connectivity index is 1.60. The normalized spacial score (nSPS) is 13.6. The topological polar surface area (TPSA) is 58.6 Å². The van der Waals surface area contributed by atoms with E-state index in [0.29, 0.717) is 35.5 Å². The van der Waals surface area contributed by atoms with E-state index in [1.165, 1.54) is 0 Å². The summed E-state index contributed by atoms with van der Waals surface area (Å²) in [4.78, 5) is 25.9. The minimum absolute atomic E-state index is 0.0693. The number of para-hydroxylation sites is 2. The van der Waals surface area contributed by atoms with Crippen molar-refractivity contribution in [2.24, 2.45) is 0 Å². The Morgan fingerprint density at radius 2 is 1.81 bits per heavy atom. The van der Waals surface area contributed by atoms with Gasteiger partial charge in [-0.25, -0.2) is 9.97 Å². The van der Waals surface area contributed by atoms with Gasteiger partial charge in [0.05, 0.1) is 11.0 Å². The van der Waals surface area contributed by atoms with Gasteiger partial charge in [0.2, 0.25) is 0 Å². The molecule has 1 aromatic heterocycles. The lowest BCUT2D eigenvalue weighted by Gasteiger charge is -2.33. The third-order valence-electron chi connectivity index (χ3n) is 4.60. The van der Waals surface area contributed by atoms with E-state index in [1.807, 2.05) is 49.2 Å². The molecule has 1 amide bonds. The molecule has 0 bridgehead atoms. The number of carbonyl (C=O) groups excluding carboxylic acids is 1. The first-order valence-electron chi connectivity index (χ1n) is 8.70. The maximum Gasteiger partial charge on any atom is 0.266 e. The monoisotopic (exact) mass is 382 g/mol. The number of likely N-dealkylation sites (N-methyl/N-ethyl adjacent to an activating group) is 1. The van der Waals surface area contributed by atoms with E-state index in [4.69, 9.17) is 16.3 Å². The molecule has 7 heteroatoms. The number of hydrogen-bond donors (Lipinski definition) is 0. The fourth-order valence-electron chi connectivity index (χ4n) is 3.12. The van der Waals surface area contributed by atoms with Crippen LogP contribution in [0.25, 0.3) is 11.0 Å². The summed E-state index contributed by atoms with van der Waals surface area (Å²) in [5.41, 5.74) is 2.46. The standard InChI is InChI=1S/C20H19ClN4O2/c1-13-11-14(21)7-8-17(13)27-12-18(26)25-10-9-24(2)19-20(25)23-16-6-4-3-5-15(16)22-19/h3-8,11H,9-10,12H2,1-2H3. The molecule has 138 valence electrons. The van der Waals surface area contributed by atoms with Gasteiger partial charge in [-0.05, 0) is 42.8 Å². The lowest BCUT2D eigenvalue weighted by molar-refractivity contribution is -0.120. The summed E-state index contributed by atoms with van der Waals surface area (Å²) in [6.45, 7) is 3.05. The molecule has 3 aromatic rings. The second-order valence-corrected chi connectivity index (χ2v) is 6.96. The van der Waals surface area contributed by atoms with E-state index in [-0.39, 0.29) is 12.5 Å². The van der Waals surface area contributed by atoms with Crippen molar-refractivity contribution in [3.63, 3.8) is 0 Å². The van der Waals surface area contributed by atoms with Crippen LogP contribution < -0.4 is 14.5 Å². The van der Waals surface area contributed by atoms with E-state index < -0.39 is 0 Å². The average Bonchev–Trinajstić information content (AvgIpc) is 2.66. The Labute approximate surface area is 162 Å². The van der Waals surface area contributed by atoms with Crippen molar-refractivity contribution in [1.82, 2.24) is 9.97 Å². The summed E-state index contributed by atoms with van der Waals surface area (Å²) in [5.74, 6) is 1.77. The molecule has 0 unspecified atom stereocenters. The highest BCUT2D eigenvalue weighted by Crippen LogP contribution is 2.30. The van der Waals surface area contributed by atoms with Crippen molar-refractivity contribution in [1.29, 1.82) is 0 Å². The summed E-state index contributed by atoms with van der Waals surface area (Å²) in [7, 11) is 1.96. The zero-order valence-corrected chi connectivity index (χ0v) is 15.9. The Kier molecular flexibility index (Phi) is 4.58. The Morgan fingerprint density at radius 3 is 2.52 bits per heavy atom. The zero-order valence-electron chi connectivity index (χ0n) is 15.1. The van der Waals surface area contributed by atoms with Gasteiger partial charge < -0.3 is 9.64 Å². The van der Waals surface area contributed by atoms with Crippen LogP contribution >= 0.6 is 11.6 Å². The summed E-state index contributed by atoms with van der Waals surface area (Å²) in [5, 5.41) is 0.640. The lowest BCUT2D eigenvalue weighted by atomic mass is 10.2. The molecule has 0 saturated heterocycles. The highest BCUT2D eigenvalue weighted by atomic mass is 35.5. The van der Waals surface area contributed by atoms with E-state index >= 15 is 0 Å². The van der Waals surface area contributed by atoms with Gasteiger partial charge in [0.15, 0.2) is 18.2 Å². The molecule has 6 nitrogen and oxygen atoms in total. The number of amides is 1. The molecule has 1 aliphatic rings. The number of carbonyl (C=O) groups is 1. The smallest absolute Gasteiger partial charge is 0.266 e. The molecule has 27 heavy (non-hydrogen) atoms. The van der Waals surface area contributed by atoms with E-state index in [1.54, 1.807) is 17.0 Å². The fraction of sp³-hybridized carbons (Fsp3) is 0.250. The molecular weight excluding hydrogens is 364 g/mol. The minimum Gasteiger partial charge on any atom is -0.483 e. The lowest BCUT2D eigenvalue weighted by Crippen LogP contribution is -2.45. The number of fused-ring (bicyclic) bond motifs is 2. The summed E-state index contributed by atoms with van der Waals surface area (Å²) >= 11 is 5.97. The molecule has 0 N–H and O–H groups in total. The van der Waals surface area contributed by atoms with Gasteiger partial charge in [-0.2, -0.15) is 0 Å². The maximum absolute atomic E-state index is 12.8. The third kappa shape index (κ3) is 3.40. The van der Waals surface area contributed by atoms with Gasteiger partial charge >= 0.3 is 0 Å². The predicted molar refractivity (Wildman–Crippen MR) is 107 cm³/mol. The van der Waals surface area contributed by atoms with Crippen molar-refractivity contribution in [2.75, 3.05) is 36.5 Å². The molecule has 0 atom stereocenters. The van der Waals surface area contributed by atoms with Gasteiger partial charge in [-0.15, -0.1) is 0 Å². The predicted octanol–water partition coefficient (Wildman–Crippen LogP) is 3.45. The van der Waals surface area contributed by atoms with E-state index in [0.717, 1.165) is 16.6 Å². The van der Waals surface area contributed by atoms with Crippen LogP contribution in [-0.4, -0.2) is 42.6 Å². The van der Waals surface area contributed by atoms with Gasteiger partial charge in [-0.3, -0.25) is 9.69 Å². The van der Waals surface area contributed by atoms with Gasteiger partial charge in [-0.1, -0.05) is 23.7 Å².